The Morgan fingerprint density at radius 1 is 0.868 bits per heavy atom. The van der Waals surface area contributed by atoms with Gasteiger partial charge in [0, 0.05) is 18.9 Å². The van der Waals surface area contributed by atoms with Crippen molar-refractivity contribution in [2.24, 2.45) is 0 Å². The van der Waals surface area contributed by atoms with Crippen LogP contribution < -0.4 is 10.6 Å². The summed E-state index contributed by atoms with van der Waals surface area (Å²) in [4.78, 5) is 18.1. The van der Waals surface area contributed by atoms with Crippen molar-refractivity contribution in [3.05, 3.63) is 54.0 Å². The molecule has 4 aromatic heterocycles. The maximum atomic E-state index is 13.9. The number of rotatable bonds is 8. The average molecular weight is 537 g/mol. The van der Waals surface area contributed by atoms with E-state index in [-0.39, 0.29) is 28.5 Å². The van der Waals surface area contributed by atoms with E-state index in [0.29, 0.717) is 24.8 Å². The van der Waals surface area contributed by atoms with Crippen molar-refractivity contribution in [2.45, 2.75) is 18.8 Å². The molecule has 0 atom stereocenters. The molecule has 15 heteroatoms. The molecule has 0 aliphatic carbocycles. The molecule has 0 saturated carbocycles. The first-order valence-electron chi connectivity index (χ1n) is 11.2. The fraction of sp³-hybridized carbons (Fsp3) is 0.304. The number of fused-ring (bicyclic) bond motifs is 1. The lowest BCUT2D eigenvalue weighted by Gasteiger charge is -2.14. The first-order chi connectivity index (χ1) is 17.9. The Hall–Kier alpha value is -4.14. The number of pyridine rings is 2. The van der Waals surface area contributed by atoms with Crippen molar-refractivity contribution < 1.29 is 26.3 Å². The second-order valence-electron chi connectivity index (χ2n) is 8.41. The highest BCUT2D eigenvalue weighted by molar-refractivity contribution is 5.87. The summed E-state index contributed by atoms with van der Waals surface area (Å²) < 4.78 is 80.0. The Morgan fingerprint density at radius 3 is 2.32 bits per heavy atom. The molecule has 4 aromatic rings. The van der Waals surface area contributed by atoms with Crippen LogP contribution in [0.4, 0.5) is 43.7 Å². The summed E-state index contributed by atoms with van der Waals surface area (Å²) in [6.45, 7) is 1.16. The Labute approximate surface area is 212 Å². The van der Waals surface area contributed by atoms with Crippen molar-refractivity contribution in [1.82, 2.24) is 35.0 Å². The van der Waals surface area contributed by atoms with Gasteiger partial charge in [-0.3, -0.25) is 0 Å². The van der Waals surface area contributed by atoms with Gasteiger partial charge in [0.05, 0.1) is 23.0 Å². The Morgan fingerprint density at radius 2 is 1.66 bits per heavy atom. The number of nitrogens with zero attached hydrogens (tertiary/aromatic N) is 7. The smallest absolute Gasteiger partial charge is 0.369 e. The number of hydrogen-bond acceptors (Lipinski definition) is 9. The van der Waals surface area contributed by atoms with E-state index in [9.17, 15) is 26.3 Å². The number of nitrogens with one attached hydrogen (secondary N) is 2. The quantitative estimate of drug-likeness (QED) is 0.237. The predicted octanol–water partition coefficient (Wildman–Crippen LogP) is 5.02. The van der Waals surface area contributed by atoms with E-state index in [4.69, 9.17) is 0 Å². The third-order valence-corrected chi connectivity index (χ3v) is 5.23. The predicted molar refractivity (Wildman–Crippen MR) is 128 cm³/mol. The largest absolute Gasteiger partial charge is 0.418 e. The van der Waals surface area contributed by atoms with Crippen LogP contribution in [0, 0.1) is 0 Å². The molecule has 0 aliphatic rings. The van der Waals surface area contributed by atoms with Crippen LogP contribution in [-0.2, 0) is 12.4 Å². The van der Waals surface area contributed by atoms with Crippen LogP contribution in [0.15, 0.2) is 42.9 Å². The van der Waals surface area contributed by atoms with Crippen LogP contribution in [-0.4, -0.2) is 62.2 Å². The Bertz CT molecular complexity index is 1410. The van der Waals surface area contributed by atoms with Gasteiger partial charge >= 0.3 is 12.4 Å². The van der Waals surface area contributed by atoms with E-state index < -0.39 is 29.2 Å². The van der Waals surface area contributed by atoms with Gasteiger partial charge in [-0.05, 0) is 51.3 Å². The zero-order valence-electron chi connectivity index (χ0n) is 20.1. The van der Waals surface area contributed by atoms with Crippen molar-refractivity contribution >= 4 is 28.5 Å². The molecule has 38 heavy (non-hydrogen) atoms. The van der Waals surface area contributed by atoms with Gasteiger partial charge in [-0.1, -0.05) is 0 Å². The summed E-state index contributed by atoms with van der Waals surface area (Å²) in [6, 6.07) is 4.35. The minimum atomic E-state index is -4.74. The molecule has 0 bridgehead atoms. The fourth-order valence-corrected chi connectivity index (χ4v) is 3.40. The van der Waals surface area contributed by atoms with Crippen LogP contribution in [0.1, 0.15) is 17.5 Å². The maximum absolute atomic E-state index is 13.9. The summed E-state index contributed by atoms with van der Waals surface area (Å²) in [7, 11) is 3.78. The third kappa shape index (κ3) is 6.40. The maximum Gasteiger partial charge on any atom is 0.418 e. The molecular formula is C23H21F6N9. The van der Waals surface area contributed by atoms with Crippen LogP contribution in [0.3, 0.4) is 0 Å². The summed E-state index contributed by atoms with van der Waals surface area (Å²) in [5.41, 5.74) is -2.23. The SMILES string of the molecule is CN(C)CCCNc1cc(C(F)(F)F)c(-c2cnc3c(Nc4ccc(C(F)(F)F)cn4)ccnc3n2)nn1. The minimum Gasteiger partial charge on any atom is -0.369 e. The number of alkyl halides is 6. The standard InChI is InChI=1S/C23H21F6N9/c1-38(2)9-3-7-30-18-10-14(23(27,28)29)19(37-36-18)16-12-33-20-15(6-8-31-21(20)35-16)34-17-5-4-13(11-32-17)22(24,25)26/h4-6,8,10-12H,3,7,9H2,1-2H3,(H,30,36)(H,31,32,34,35). The minimum absolute atomic E-state index is 0.0137. The zero-order chi connectivity index (χ0) is 27.5. The van der Waals surface area contributed by atoms with E-state index in [1.807, 2.05) is 19.0 Å². The van der Waals surface area contributed by atoms with Crippen molar-refractivity contribution in [3.8, 4) is 11.4 Å². The first-order valence-corrected chi connectivity index (χ1v) is 11.2. The van der Waals surface area contributed by atoms with Crippen LogP contribution in [0.25, 0.3) is 22.6 Å². The van der Waals surface area contributed by atoms with Gasteiger partial charge in [-0.15, -0.1) is 10.2 Å². The monoisotopic (exact) mass is 537 g/mol. The van der Waals surface area contributed by atoms with Crippen molar-refractivity contribution in [3.63, 3.8) is 0 Å². The molecular weight excluding hydrogens is 516 g/mol. The van der Waals surface area contributed by atoms with Crippen LogP contribution in [0.2, 0.25) is 0 Å². The summed E-state index contributed by atoms with van der Waals surface area (Å²) in [6.07, 6.45) is -5.49. The van der Waals surface area contributed by atoms with Crippen LogP contribution >= 0.6 is 0 Å². The molecule has 200 valence electrons. The lowest BCUT2D eigenvalue weighted by atomic mass is 10.1. The number of hydrogen-bond donors (Lipinski definition) is 2. The second-order valence-corrected chi connectivity index (χ2v) is 8.41. The average Bonchev–Trinajstić information content (AvgIpc) is 2.85. The number of halogens is 6. The molecule has 0 amide bonds. The number of aromatic nitrogens is 6. The van der Waals surface area contributed by atoms with E-state index in [1.54, 1.807) is 0 Å². The molecule has 0 unspecified atom stereocenters. The van der Waals surface area contributed by atoms with E-state index in [2.05, 4.69) is 40.8 Å². The summed E-state index contributed by atoms with van der Waals surface area (Å²) in [5.74, 6) is 0.0671. The van der Waals surface area contributed by atoms with Crippen molar-refractivity contribution in [1.29, 1.82) is 0 Å². The summed E-state index contributed by atoms with van der Waals surface area (Å²) in [5, 5.41) is 13.3. The zero-order valence-corrected chi connectivity index (χ0v) is 20.1. The van der Waals surface area contributed by atoms with Gasteiger partial charge < -0.3 is 15.5 Å². The molecule has 0 radical (unpaired) electrons. The van der Waals surface area contributed by atoms with Gasteiger partial charge in [0.15, 0.2) is 5.65 Å². The topological polar surface area (TPSA) is 105 Å². The van der Waals surface area contributed by atoms with Gasteiger partial charge in [-0.2, -0.15) is 26.3 Å². The third-order valence-electron chi connectivity index (χ3n) is 5.23. The van der Waals surface area contributed by atoms with Gasteiger partial charge in [-0.25, -0.2) is 19.9 Å². The molecule has 9 nitrogen and oxygen atoms in total. The molecule has 4 rings (SSSR count). The molecule has 2 N–H and O–H groups in total. The molecule has 0 saturated heterocycles. The molecule has 4 heterocycles. The lowest BCUT2D eigenvalue weighted by molar-refractivity contribution is -0.138. The second kappa shape index (κ2) is 10.7. The highest BCUT2D eigenvalue weighted by Crippen LogP contribution is 2.36. The van der Waals surface area contributed by atoms with E-state index in [1.165, 1.54) is 12.3 Å². The highest BCUT2D eigenvalue weighted by atomic mass is 19.4. The molecule has 0 spiro atoms. The van der Waals surface area contributed by atoms with E-state index >= 15 is 0 Å². The van der Waals surface area contributed by atoms with Crippen LogP contribution in [0.5, 0.6) is 0 Å². The highest BCUT2D eigenvalue weighted by Gasteiger charge is 2.36. The Kier molecular flexibility index (Phi) is 7.57. The molecule has 0 aliphatic heterocycles. The first kappa shape index (κ1) is 26.9. The van der Waals surface area contributed by atoms with Crippen molar-refractivity contribution in [2.75, 3.05) is 37.8 Å². The molecule has 0 fully saturated rings. The van der Waals surface area contributed by atoms with Gasteiger partial charge in [0.2, 0.25) is 0 Å². The normalized spacial score (nSPS) is 12.2. The van der Waals surface area contributed by atoms with Gasteiger partial charge in [0.25, 0.3) is 0 Å². The lowest BCUT2D eigenvalue weighted by Crippen LogP contribution is -2.17. The Balaban J connectivity index is 1.62. The van der Waals surface area contributed by atoms with E-state index in [0.717, 1.165) is 30.9 Å². The summed E-state index contributed by atoms with van der Waals surface area (Å²) >= 11 is 0. The van der Waals surface area contributed by atoms with Gasteiger partial charge in [0.1, 0.15) is 28.5 Å². The molecule has 0 aromatic carbocycles. The fourth-order valence-electron chi connectivity index (χ4n) is 3.40. The number of anilines is 3.